The van der Waals surface area contributed by atoms with Gasteiger partial charge in [-0.1, -0.05) is 50.1 Å². The number of hydrogen-bond donors (Lipinski definition) is 0. The van der Waals surface area contributed by atoms with Crippen molar-refractivity contribution in [2.24, 2.45) is 4.99 Å². The zero-order chi connectivity index (χ0) is 13.3. The summed E-state index contributed by atoms with van der Waals surface area (Å²) < 4.78 is 0. The first-order chi connectivity index (χ1) is 8.06. The fourth-order valence-corrected chi connectivity index (χ4v) is 1.24. The van der Waals surface area contributed by atoms with Gasteiger partial charge in [0.25, 0.3) is 0 Å². The smallest absolute Gasteiger partial charge is 0.0450 e. The van der Waals surface area contributed by atoms with E-state index in [9.17, 15) is 0 Å². The van der Waals surface area contributed by atoms with E-state index in [0.29, 0.717) is 0 Å². The van der Waals surface area contributed by atoms with E-state index in [4.69, 9.17) is 0 Å². The molecular formula is C16H21N. The normalized spacial score (nSPS) is 13.4. The van der Waals surface area contributed by atoms with Crippen LogP contribution in [-0.4, -0.2) is 6.21 Å². The maximum absolute atomic E-state index is 4.37. The third-order valence-electron chi connectivity index (χ3n) is 2.12. The van der Waals surface area contributed by atoms with Gasteiger partial charge in [0.2, 0.25) is 0 Å². The van der Waals surface area contributed by atoms with Gasteiger partial charge in [0.05, 0.1) is 0 Å². The minimum Gasteiger partial charge on any atom is -0.260 e. The lowest BCUT2D eigenvalue weighted by Gasteiger charge is -2.04. The molecule has 0 heterocycles. The predicted molar refractivity (Wildman–Crippen MR) is 79.3 cm³/mol. The molecule has 0 aliphatic heterocycles. The summed E-state index contributed by atoms with van der Waals surface area (Å²) in [6.07, 6.45) is 11.3. The molecule has 0 aromatic rings. The number of hydrogen-bond acceptors (Lipinski definition) is 1. The third kappa shape index (κ3) is 5.67. The van der Waals surface area contributed by atoms with E-state index in [-0.39, 0.29) is 0 Å². The quantitative estimate of drug-likeness (QED) is 0.457. The van der Waals surface area contributed by atoms with Crippen LogP contribution >= 0.6 is 0 Å². The second kappa shape index (κ2) is 8.28. The highest BCUT2D eigenvalue weighted by Gasteiger charge is 1.99. The van der Waals surface area contributed by atoms with Crippen molar-refractivity contribution in [1.29, 1.82) is 0 Å². The average molecular weight is 227 g/mol. The number of rotatable bonds is 6. The minimum absolute atomic E-state index is 0.870. The molecule has 0 radical (unpaired) electrons. The topological polar surface area (TPSA) is 12.4 Å². The van der Waals surface area contributed by atoms with Gasteiger partial charge in [-0.15, -0.1) is 0 Å². The Labute approximate surface area is 105 Å². The van der Waals surface area contributed by atoms with Crippen molar-refractivity contribution in [2.45, 2.75) is 20.8 Å². The highest BCUT2D eigenvalue weighted by Crippen LogP contribution is 2.16. The van der Waals surface area contributed by atoms with Crippen LogP contribution in [0.4, 0.5) is 0 Å². The maximum Gasteiger partial charge on any atom is 0.0450 e. The van der Waals surface area contributed by atoms with Gasteiger partial charge in [-0.2, -0.15) is 0 Å². The van der Waals surface area contributed by atoms with Gasteiger partial charge in [0.1, 0.15) is 0 Å². The Morgan fingerprint density at radius 2 is 1.65 bits per heavy atom. The van der Waals surface area contributed by atoms with Crippen molar-refractivity contribution in [2.75, 3.05) is 0 Å². The Hall–Kier alpha value is -1.89. The zero-order valence-corrected chi connectivity index (χ0v) is 11.0. The molecule has 1 heteroatoms. The van der Waals surface area contributed by atoms with E-state index in [0.717, 1.165) is 22.4 Å². The molecule has 0 fully saturated rings. The number of nitrogens with zero attached hydrogens (tertiary/aromatic N) is 1. The number of allylic oxidation sites excluding steroid dienone is 9. The van der Waals surface area contributed by atoms with Crippen LogP contribution in [0.3, 0.4) is 0 Å². The van der Waals surface area contributed by atoms with E-state index in [1.807, 2.05) is 45.1 Å². The molecule has 0 aliphatic rings. The molecule has 0 saturated heterocycles. The van der Waals surface area contributed by atoms with Crippen molar-refractivity contribution in [3.05, 3.63) is 72.5 Å². The average Bonchev–Trinajstić information content (AvgIpc) is 2.32. The summed E-state index contributed by atoms with van der Waals surface area (Å²) in [6, 6.07) is 0. The Kier molecular flexibility index (Phi) is 7.36. The van der Waals surface area contributed by atoms with Crippen molar-refractivity contribution >= 4 is 6.21 Å². The lowest BCUT2D eigenvalue weighted by Crippen LogP contribution is -1.87. The second-order valence-electron chi connectivity index (χ2n) is 3.56. The molecule has 0 aliphatic carbocycles. The first-order valence-electron chi connectivity index (χ1n) is 5.57. The lowest BCUT2D eigenvalue weighted by molar-refractivity contribution is 1.26. The molecule has 0 saturated carbocycles. The van der Waals surface area contributed by atoms with Crippen molar-refractivity contribution in [3.8, 4) is 0 Å². The van der Waals surface area contributed by atoms with E-state index >= 15 is 0 Å². The van der Waals surface area contributed by atoms with Crippen LogP contribution in [0, 0.1) is 0 Å². The second-order valence-corrected chi connectivity index (χ2v) is 3.56. The van der Waals surface area contributed by atoms with Gasteiger partial charge in [-0.3, -0.25) is 4.99 Å². The van der Waals surface area contributed by atoms with E-state index in [2.05, 4.69) is 24.7 Å². The fraction of sp³-hybridized carbons (Fsp3) is 0.188. The standard InChI is InChI=1S/C16H21N/c1-7-10-13(4)12-17-15(6)16(11-8-2)14(5)9-3/h7-12H,3-5H2,1-2,6H3/b10-7-,11-8-,16-15-,17-12-. The molecule has 17 heavy (non-hydrogen) atoms. The third-order valence-corrected chi connectivity index (χ3v) is 2.12. The zero-order valence-electron chi connectivity index (χ0n) is 11.0. The largest absolute Gasteiger partial charge is 0.260 e. The molecule has 90 valence electrons. The minimum atomic E-state index is 0.870. The molecule has 0 atom stereocenters. The van der Waals surface area contributed by atoms with Crippen molar-refractivity contribution in [3.63, 3.8) is 0 Å². The van der Waals surface area contributed by atoms with Gasteiger partial charge in [0, 0.05) is 17.5 Å². The Bertz CT molecular complexity index is 415. The van der Waals surface area contributed by atoms with Crippen LogP contribution < -0.4 is 0 Å². The molecule has 0 unspecified atom stereocenters. The van der Waals surface area contributed by atoms with E-state index < -0.39 is 0 Å². The predicted octanol–water partition coefficient (Wildman–Crippen LogP) is 4.78. The van der Waals surface area contributed by atoms with Crippen LogP contribution in [-0.2, 0) is 0 Å². The summed E-state index contributed by atoms with van der Waals surface area (Å²) in [5, 5.41) is 0. The first kappa shape index (κ1) is 15.1. The summed E-state index contributed by atoms with van der Waals surface area (Å²) in [7, 11) is 0. The monoisotopic (exact) mass is 227 g/mol. The lowest BCUT2D eigenvalue weighted by atomic mass is 10.1. The van der Waals surface area contributed by atoms with Gasteiger partial charge < -0.3 is 0 Å². The highest BCUT2D eigenvalue weighted by atomic mass is 14.7. The van der Waals surface area contributed by atoms with Gasteiger partial charge in [0.15, 0.2) is 0 Å². The first-order valence-corrected chi connectivity index (χ1v) is 5.57. The summed E-state index contributed by atoms with van der Waals surface area (Å²) in [6.45, 7) is 17.4. The van der Waals surface area contributed by atoms with Crippen LogP contribution in [0.5, 0.6) is 0 Å². The van der Waals surface area contributed by atoms with Gasteiger partial charge in [-0.05, 0) is 31.9 Å². The molecule has 0 rings (SSSR count). The Morgan fingerprint density at radius 3 is 2.12 bits per heavy atom. The van der Waals surface area contributed by atoms with Gasteiger partial charge in [-0.25, -0.2) is 0 Å². The SMILES string of the molecule is C=CC(=C)C(/C=C\C)=C(C)\N=C/C(=C)/C=C\C. The Morgan fingerprint density at radius 1 is 1.06 bits per heavy atom. The van der Waals surface area contributed by atoms with E-state index in [1.54, 1.807) is 12.3 Å². The maximum atomic E-state index is 4.37. The molecule has 0 amide bonds. The van der Waals surface area contributed by atoms with E-state index in [1.165, 1.54) is 0 Å². The molecule has 0 N–H and O–H groups in total. The van der Waals surface area contributed by atoms with Crippen LogP contribution in [0.25, 0.3) is 0 Å². The summed E-state index contributed by atoms with van der Waals surface area (Å²) in [4.78, 5) is 4.37. The number of aliphatic imine (C=N–C) groups is 1. The van der Waals surface area contributed by atoms with Crippen molar-refractivity contribution < 1.29 is 0 Å². The molecule has 1 nitrogen and oxygen atoms in total. The molecular weight excluding hydrogens is 206 g/mol. The molecule has 0 spiro atoms. The molecule has 0 aromatic heterocycles. The van der Waals surface area contributed by atoms with Crippen LogP contribution in [0.15, 0.2) is 77.5 Å². The van der Waals surface area contributed by atoms with Crippen LogP contribution in [0.2, 0.25) is 0 Å². The molecule has 0 bridgehead atoms. The summed E-state index contributed by atoms with van der Waals surface area (Å²) in [5.74, 6) is 0. The highest BCUT2D eigenvalue weighted by molar-refractivity contribution is 5.82. The van der Waals surface area contributed by atoms with Gasteiger partial charge >= 0.3 is 0 Å². The molecule has 0 aromatic carbocycles. The summed E-state index contributed by atoms with van der Waals surface area (Å²) in [5.41, 5.74) is 3.64. The summed E-state index contributed by atoms with van der Waals surface area (Å²) >= 11 is 0. The fourth-order valence-electron chi connectivity index (χ4n) is 1.24. The Balaban J connectivity index is 5.16. The van der Waals surface area contributed by atoms with Crippen LogP contribution in [0.1, 0.15) is 20.8 Å². The van der Waals surface area contributed by atoms with Crippen molar-refractivity contribution in [1.82, 2.24) is 0 Å².